The number of rotatable bonds is 4. The maximum absolute atomic E-state index is 11.3. The van der Waals surface area contributed by atoms with Crippen LogP contribution in [-0.2, 0) is 16.1 Å². The summed E-state index contributed by atoms with van der Waals surface area (Å²) in [5.41, 5.74) is 1.56. The van der Waals surface area contributed by atoms with Gasteiger partial charge < -0.3 is 4.74 Å². The lowest BCUT2D eigenvalue weighted by Crippen LogP contribution is -2.13. The largest absolute Gasteiger partial charge is 0.468 e. The van der Waals surface area contributed by atoms with Crippen LogP contribution in [0, 0.1) is 18.3 Å². The van der Waals surface area contributed by atoms with Crippen molar-refractivity contribution in [3.8, 4) is 6.07 Å². The van der Waals surface area contributed by atoms with E-state index in [1.54, 1.807) is 6.07 Å². The molecule has 0 radical (unpaired) electrons. The quantitative estimate of drug-likeness (QED) is 0.780. The van der Waals surface area contributed by atoms with Gasteiger partial charge in [-0.15, -0.1) is 5.10 Å². The molecule has 8 heteroatoms. The van der Waals surface area contributed by atoms with Crippen molar-refractivity contribution in [2.75, 3.05) is 7.11 Å². The van der Waals surface area contributed by atoms with E-state index in [4.69, 9.17) is 5.26 Å². The highest BCUT2D eigenvalue weighted by Crippen LogP contribution is 2.29. The van der Waals surface area contributed by atoms with Crippen LogP contribution in [0.2, 0.25) is 0 Å². The maximum atomic E-state index is 11.3. The molecule has 0 aliphatic rings. The van der Waals surface area contributed by atoms with E-state index < -0.39 is 5.97 Å². The Labute approximate surface area is 119 Å². The number of methoxy groups -OCH3 is 1. The number of nitriles is 1. The highest BCUT2D eigenvalue weighted by molar-refractivity contribution is 7.99. The van der Waals surface area contributed by atoms with Crippen LogP contribution >= 0.6 is 11.8 Å². The molecular formula is C12H11N5O2S. The zero-order valence-corrected chi connectivity index (χ0v) is 11.7. The number of nitrogens with zero attached hydrogens (tertiary/aromatic N) is 5. The number of carbonyl (C=O) groups excluding carboxylic acids is 1. The summed E-state index contributed by atoms with van der Waals surface area (Å²) in [6.07, 6.45) is 0. The van der Waals surface area contributed by atoms with Crippen LogP contribution in [0.3, 0.4) is 0 Å². The molecule has 0 amide bonds. The predicted molar refractivity (Wildman–Crippen MR) is 69.9 cm³/mol. The van der Waals surface area contributed by atoms with E-state index in [1.165, 1.54) is 23.6 Å². The minimum Gasteiger partial charge on any atom is -0.468 e. The standard InChI is InChI=1S/C12H11N5O2S/c1-8-3-4-9(6-13)10(5-8)20-12-14-15-16-17(12)7-11(18)19-2/h3-5H,7H2,1-2H3. The summed E-state index contributed by atoms with van der Waals surface area (Å²) in [4.78, 5) is 12.0. The smallest absolute Gasteiger partial charge is 0.327 e. The fourth-order valence-corrected chi connectivity index (χ4v) is 2.41. The SMILES string of the molecule is COC(=O)Cn1nnnc1Sc1cc(C)ccc1C#N. The lowest BCUT2D eigenvalue weighted by atomic mass is 10.2. The molecule has 1 heterocycles. The lowest BCUT2D eigenvalue weighted by Gasteiger charge is -2.05. The topological polar surface area (TPSA) is 93.7 Å². The zero-order valence-electron chi connectivity index (χ0n) is 10.9. The van der Waals surface area contributed by atoms with E-state index in [0.29, 0.717) is 10.7 Å². The summed E-state index contributed by atoms with van der Waals surface area (Å²) in [6.45, 7) is 1.86. The molecule has 0 spiro atoms. The number of aryl methyl sites for hydroxylation is 1. The second-order valence-electron chi connectivity index (χ2n) is 3.91. The molecule has 2 rings (SSSR count). The predicted octanol–water partition coefficient (Wildman–Crippen LogP) is 1.18. The summed E-state index contributed by atoms with van der Waals surface area (Å²) >= 11 is 1.24. The lowest BCUT2D eigenvalue weighted by molar-refractivity contribution is -0.141. The van der Waals surface area contributed by atoms with Crippen LogP contribution < -0.4 is 0 Å². The molecule has 0 saturated heterocycles. The average molecular weight is 289 g/mol. The van der Waals surface area contributed by atoms with Crippen LogP contribution in [0.4, 0.5) is 0 Å². The second-order valence-corrected chi connectivity index (χ2v) is 4.92. The van der Waals surface area contributed by atoms with E-state index in [0.717, 1.165) is 10.5 Å². The Morgan fingerprint density at radius 1 is 1.55 bits per heavy atom. The highest BCUT2D eigenvalue weighted by atomic mass is 32.2. The Kier molecular flexibility index (Phi) is 4.32. The van der Waals surface area contributed by atoms with Crippen molar-refractivity contribution in [1.29, 1.82) is 5.26 Å². The summed E-state index contributed by atoms with van der Waals surface area (Å²) < 4.78 is 5.91. The number of hydrogen-bond acceptors (Lipinski definition) is 7. The summed E-state index contributed by atoms with van der Waals surface area (Å²) in [6, 6.07) is 7.60. The Bertz CT molecular complexity index is 677. The van der Waals surface area contributed by atoms with Gasteiger partial charge in [-0.05, 0) is 46.8 Å². The van der Waals surface area contributed by atoms with E-state index in [9.17, 15) is 4.79 Å². The molecule has 0 atom stereocenters. The Hall–Kier alpha value is -2.40. The van der Waals surface area contributed by atoms with Crippen LogP contribution in [0.1, 0.15) is 11.1 Å². The van der Waals surface area contributed by atoms with Gasteiger partial charge in [0.15, 0.2) is 0 Å². The van der Waals surface area contributed by atoms with E-state index in [1.807, 2.05) is 19.1 Å². The Morgan fingerprint density at radius 3 is 3.05 bits per heavy atom. The van der Waals surface area contributed by atoms with Gasteiger partial charge >= 0.3 is 5.97 Å². The molecule has 102 valence electrons. The fraction of sp³-hybridized carbons (Fsp3) is 0.250. The van der Waals surface area contributed by atoms with Gasteiger partial charge in [0.2, 0.25) is 5.16 Å². The van der Waals surface area contributed by atoms with E-state index >= 15 is 0 Å². The van der Waals surface area contributed by atoms with Gasteiger partial charge in [-0.2, -0.15) is 5.26 Å². The first-order valence-corrected chi connectivity index (χ1v) is 6.47. The minimum absolute atomic E-state index is 0.0699. The van der Waals surface area contributed by atoms with Crippen molar-refractivity contribution in [3.63, 3.8) is 0 Å². The van der Waals surface area contributed by atoms with Gasteiger partial charge in [-0.1, -0.05) is 6.07 Å². The molecule has 7 nitrogen and oxygen atoms in total. The third-order valence-electron chi connectivity index (χ3n) is 2.46. The van der Waals surface area contributed by atoms with Crippen molar-refractivity contribution in [3.05, 3.63) is 29.3 Å². The number of aromatic nitrogens is 4. The number of ether oxygens (including phenoxy) is 1. The van der Waals surface area contributed by atoms with Gasteiger partial charge in [-0.25, -0.2) is 4.68 Å². The molecule has 0 bridgehead atoms. The number of esters is 1. The molecule has 0 fully saturated rings. The summed E-state index contributed by atoms with van der Waals surface area (Å²) in [7, 11) is 1.30. The van der Waals surface area contributed by atoms with E-state index in [2.05, 4.69) is 26.3 Å². The third-order valence-corrected chi connectivity index (χ3v) is 3.50. The summed E-state index contributed by atoms with van der Waals surface area (Å²) in [5, 5.41) is 20.6. The number of benzene rings is 1. The molecule has 0 unspecified atom stereocenters. The monoisotopic (exact) mass is 289 g/mol. The number of tetrazole rings is 1. The van der Waals surface area contributed by atoms with Crippen LogP contribution in [0.5, 0.6) is 0 Å². The summed E-state index contributed by atoms with van der Waals surface area (Å²) in [5.74, 6) is -0.441. The Balaban J connectivity index is 2.27. The first-order valence-electron chi connectivity index (χ1n) is 5.65. The van der Waals surface area contributed by atoms with Gasteiger partial charge in [0.25, 0.3) is 0 Å². The molecule has 1 aromatic carbocycles. The van der Waals surface area contributed by atoms with Gasteiger partial charge in [-0.3, -0.25) is 4.79 Å². The highest BCUT2D eigenvalue weighted by Gasteiger charge is 2.14. The molecule has 1 aromatic heterocycles. The van der Waals surface area contributed by atoms with Crippen molar-refractivity contribution >= 4 is 17.7 Å². The maximum Gasteiger partial charge on any atom is 0.327 e. The van der Waals surface area contributed by atoms with Crippen molar-refractivity contribution in [1.82, 2.24) is 20.2 Å². The van der Waals surface area contributed by atoms with Gasteiger partial charge in [0.05, 0.1) is 12.7 Å². The van der Waals surface area contributed by atoms with Crippen LogP contribution in [-0.4, -0.2) is 33.3 Å². The Morgan fingerprint density at radius 2 is 2.35 bits per heavy atom. The average Bonchev–Trinajstić information content (AvgIpc) is 2.86. The van der Waals surface area contributed by atoms with Crippen molar-refractivity contribution < 1.29 is 9.53 Å². The molecule has 0 aliphatic carbocycles. The van der Waals surface area contributed by atoms with Gasteiger partial charge in [0.1, 0.15) is 12.6 Å². The molecular weight excluding hydrogens is 278 g/mol. The molecule has 20 heavy (non-hydrogen) atoms. The molecule has 0 aliphatic heterocycles. The molecule has 0 saturated carbocycles. The van der Waals surface area contributed by atoms with Crippen LogP contribution in [0.15, 0.2) is 28.3 Å². The fourth-order valence-electron chi connectivity index (χ4n) is 1.46. The first kappa shape index (κ1) is 14.0. The van der Waals surface area contributed by atoms with Crippen molar-refractivity contribution in [2.24, 2.45) is 0 Å². The third kappa shape index (κ3) is 3.13. The molecule has 2 aromatic rings. The van der Waals surface area contributed by atoms with Gasteiger partial charge in [0, 0.05) is 4.90 Å². The second kappa shape index (κ2) is 6.16. The minimum atomic E-state index is -0.441. The number of hydrogen-bond donors (Lipinski definition) is 0. The first-order chi connectivity index (χ1) is 9.63. The zero-order chi connectivity index (χ0) is 14.5. The van der Waals surface area contributed by atoms with Crippen LogP contribution in [0.25, 0.3) is 0 Å². The molecule has 0 N–H and O–H groups in total. The van der Waals surface area contributed by atoms with E-state index in [-0.39, 0.29) is 6.54 Å². The van der Waals surface area contributed by atoms with Crippen molar-refractivity contribution in [2.45, 2.75) is 23.5 Å². The number of carbonyl (C=O) groups is 1. The normalized spacial score (nSPS) is 10.1.